The van der Waals surface area contributed by atoms with Gasteiger partial charge in [-0.1, -0.05) is 0 Å². The quantitative estimate of drug-likeness (QED) is 0.935. The van der Waals surface area contributed by atoms with Crippen LogP contribution in [0.3, 0.4) is 0 Å². The van der Waals surface area contributed by atoms with Crippen LogP contribution in [-0.2, 0) is 11.2 Å². The molecule has 0 bridgehead atoms. The molecule has 3 rings (SSSR count). The molecular formula is C18H22FN3O2. The Hall–Kier alpha value is -2.21. The first-order valence-corrected chi connectivity index (χ1v) is 8.28. The molecule has 1 amide bonds. The van der Waals surface area contributed by atoms with Crippen LogP contribution in [-0.4, -0.2) is 34.4 Å². The van der Waals surface area contributed by atoms with Crippen molar-refractivity contribution in [2.45, 2.75) is 44.7 Å². The monoisotopic (exact) mass is 331 g/mol. The fourth-order valence-corrected chi connectivity index (χ4v) is 3.11. The highest BCUT2D eigenvalue weighted by atomic mass is 19.1. The number of piperidine rings is 1. The van der Waals surface area contributed by atoms with Gasteiger partial charge >= 0.3 is 0 Å². The van der Waals surface area contributed by atoms with E-state index in [9.17, 15) is 9.18 Å². The number of nitrogens with zero attached hydrogens (tertiary/aromatic N) is 2. The number of amides is 1. The molecule has 1 fully saturated rings. The van der Waals surface area contributed by atoms with Gasteiger partial charge in [0, 0.05) is 37.0 Å². The van der Waals surface area contributed by atoms with E-state index in [4.69, 9.17) is 10.2 Å². The zero-order chi connectivity index (χ0) is 17.1. The Morgan fingerprint density at radius 3 is 2.88 bits per heavy atom. The number of halogens is 1. The first kappa shape index (κ1) is 16.6. The molecular weight excluding hydrogens is 309 g/mol. The van der Waals surface area contributed by atoms with Crippen LogP contribution in [0, 0.1) is 5.82 Å². The maximum Gasteiger partial charge on any atom is 0.223 e. The maximum absolute atomic E-state index is 13.0. The number of oxazole rings is 1. The van der Waals surface area contributed by atoms with Gasteiger partial charge in [-0.2, -0.15) is 0 Å². The summed E-state index contributed by atoms with van der Waals surface area (Å²) in [6.07, 6.45) is 4.12. The minimum absolute atomic E-state index is 0.107. The van der Waals surface area contributed by atoms with Crippen LogP contribution in [0.25, 0.3) is 11.3 Å². The molecule has 0 radical (unpaired) electrons. The molecule has 0 saturated carbocycles. The van der Waals surface area contributed by atoms with Crippen molar-refractivity contribution in [3.63, 3.8) is 0 Å². The summed E-state index contributed by atoms with van der Waals surface area (Å²) in [5.41, 5.74) is 6.70. The smallest absolute Gasteiger partial charge is 0.223 e. The summed E-state index contributed by atoms with van der Waals surface area (Å²) in [4.78, 5) is 18.5. The molecule has 1 aromatic heterocycles. The van der Waals surface area contributed by atoms with Crippen molar-refractivity contribution in [2.24, 2.45) is 5.73 Å². The van der Waals surface area contributed by atoms with Gasteiger partial charge in [0.15, 0.2) is 11.7 Å². The average molecular weight is 331 g/mol. The number of carbonyl (C=O) groups is 1. The Kier molecular flexibility index (Phi) is 4.94. The second-order valence-corrected chi connectivity index (χ2v) is 6.35. The van der Waals surface area contributed by atoms with Gasteiger partial charge in [0.25, 0.3) is 0 Å². The van der Waals surface area contributed by atoms with Crippen LogP contribution in [0.5, 0.6) is 0 Å². The van der Waals surface area contributed by atoms with Crippen LogP contribution in [0.4, 0.5) is 4.39 Å². The first-order chi connectivity index (χ1) is 11.5. The third kappa shape index (κ3) is 3.82. The Morgan fingerprint density at radius 2 is 2.17 bits per heavy atom. The Morgan fingerprint density at radius 1 is 1.42 bits per heavy atom. The predicted molar refractivity (Wildman–Crippen MR) is 88.6 cm³/mol. The van der Waals surface area contributed by atoms with Gasteiger partial charge in [0.1, 0.15) is 5.82 Å². The zero-order valence-electron chi connectivity index (χ0n) is 13.7. The Labute approximate surface area is 140 Å². The van der Waals surface area contributed by atoms with Crippen molar-refractivity contribution in [3.05, 3.63) is 42.2 Å². The van der Waals surface area contributed by atoms with E-state index in [-0.39, 0.29) is 23.8 Å². The Balaban J connectivity index is 1.57. The normalized spacial score (nSPS) is 21.0. The summed E-state index contributed by atoms with van der Waals surface area (Å²) >= 11 is 0. The van der Waals surface area contributed by atoms with E-state index in [2.05, 4.69) is 4.98 Å². The summed E-state index contributed by atoms with van der Waals surface area (Å²) in [7, 11) is 0. The number of nitrogens with two attached hydrogens (primary N) is 1. The molecule has 6 heteroatoms. The fraction of sp³-hybridized carbons (Fsp3) is 0.444. The van der Waals surface area contributed by atoms with Crippen molar-refractivity contribution in [2.75, 3.05) is 6.54 Å². The molecule has 2 heterocycles. The van der Waals surface area contributed by atoms with Crippen LogP contribution in [0.1, 0.15) is 32.1 Å². The van der Waals surface area contributed by atoms with Crippen molar-refractivity contribution < 1.29 is 13.6 Å². The molecule has 128 valence electrons. The number of aromatic nitrogens is 1. The molecule has 0 aliphatic carbocycles. The molecule has 1 saturated heterocycles. The van der Waals surface area contributed by atoms with E-state index in [0.717, 1.165) is 18.4 Å². The largest absolute Gasteiger partial charge is 0.441 e. The maximum atomic E-state index is 13.0. The second-order valence-electron chi connectivity index (χ2n) is 6.35. The van der Waals surface area contributed by atoms with Crippen LogP contribution in [0.15, 0.2) is 34.9 Å². The predicted octanol–water partition coefficient (Wildman–Crippen LogP) is 2.75. The highest BCUT2D eigenvalue weighted by molar-refractivity contribution is 5.76. The van der Waals surface area contributed by atoms with E-state index in [1.807, 2.05) is 11.8 Å². The molecule has 1 aromatic carbocycles. The number of likely N-dealkylation sites (tertiary alicyclic amines) is 1. The lowest BCUT2D eigenvalue weighted by Crippen LogP contribution is -2.48. The van der Waals surface area contributed by atoms with Crippen molar-refractivity contribution >= 4 is 5.91 Å². The molecule has 5 nitrogen and oxygen atoms in total. The lowest BCUT2D eigenvalue weighted by atomic mass is 9.98. The van der Waals surface area contributed by atoms with E-state index in [0.29, 0.717) is 31.0 Å². The van der Waals surface area contributed by atoms with Crippen molar-refractivity contribution in [3.8, 4) is 11.3 Å². The average Bonchev–Trinajstić information content (AvgIpc) is 3.02. The van der Waals surface area contributed by atoms with Crippen LogP contribution >= 0.6 is 0 Å². The van der Waals surface area contributed by atoms with Gasteiger partial charge < -0.3 is 15.1 Å². The van der Waals surface area contributed by atoms with Gasteiger partial charge in [0.2, 0.25) is 5.91 Å². The van der Waals surface area contributed by atoms with Gasteiger partial charge in [0.05, 0.1) is 6.20 Å². The zero-order valence-corrected chi connectivity index (χ0v) is 13.7. The van der Waals surface area contributed by atoms with Crippen LogP contribution < -0.4 is 5.73 Å². The third-order valence-corrected chi connectivity index (χ3v) is 4.47. The number of aryl methyl sites for hydroxylation is 1. The van der Waals surface area contributed by atoms with E-state index in [1.165, 1.54) is 12.1 Å². The molecule has 24 heavy (non-hydrogen) atoms. The molecule has 0 spiro atoms. The van der Waals surface area contributed by atoms with Crippen molar-refractivity contribution in [1.29, 1.82) is 0 Å². The molecule has 2 N–H and O–H groups in total. The van der Waals surface area contributed by atoms with E-state index < -0.39 is 0 Å². The number of hydrogen-bond acceptors (Lipinski definition) is 4. The SMILES string of the molecule is C[C@@H]1C[C@@H](N)CCN1C(=O)CCc1ncc(-c2ccc(F)cc2)o1. The number of hydrogen-bond donors (Lipinski definition) is 1. The minimum atomic E-state index is -0.292. The van der Waals surface area contributed by atoms with Gasteiger partial charge in [-0.15, -0.1) is 0 Å². The third-order valence-electron chi connectivity index (χ3n) is 4.47. The minimum Gasteiger partial charge on any atom is -0.441 e. The summed E-state index contributed by atoms with van der Waals surface area (Å²) in [6, 6.07) is 6.41. The lowest BCUT2D eigenvalue weighted by Gasteiger charge is -2.36. The van der Waals surface area contributed by atoms with Crippen molar-refractivity contribution in [1.82, 2.24) is 9.88 Å². The highest BCUT2D eigenvalue weighted by Gasteiger charge is 2.26. The topological polar surface area (TPSA) is 72.4 Å². The summed E-state index contributed by atoms with van der Waals surface area (Å²) in [5.74, 6) is 0.911. The first-order valence-electron chi connectivity index (χ1n) is 8.28. The highest BCUT2D eigenvalue weighted by Crippen LogP contribution is 2.22. The van der Waals surface area contributed by atoms with Gasteiger partial charge in [-0.3, -0.25) is 4.79 Å². The lowest BCUT2D eigenvalue weighted by molar-refractivity contribution is -0.134. The second kappa shape index (κ2) is 7.13. The van der Waals surface area contributed by atoms with E-state index >= 15 is 0 Å². The molecule has 1 aliphatic heterocycles. The molecule has 1 aliphatic rings. The Bertz CT molecular complexity index is 699. The molecule has 2 atom stereocenters. The molecule has 0 unspecified atom stereocenters. The standard InChI is InChI=1S/C18H22FN3O2/c1-12-10-15(20)8-9-22(12)18(23)7-6-17-21-11-16(24-17)13-2-4-14(19)5-3-13/h2-5,11-12,15H,6-10,20H2,1H3/t12-,15+/m1/s1. The number of carbonyl (C=O) groups excluding carboxylic acids is 1. The van der Waals surface area contributed by atoms with Crippen LogP contribution in [0.2, 0.25) is 0 Å². The summed E-state index contributed by atoms with van der Waals surface area (Å²) in [6.45, 7) is 2.75. The van der Waals surface area contributed by atoms with Gasteiger partial charge in [-0.05, 0) is 44.0 Å². The number of rotatable bonds is 4. The fourth-order valence-electron chi connectivity index (χ4n) is 3.11. The molecule has 2 aromatic rings. The summed E-state index contributed by atoms with van der Waals surface area (Å²) < 4.78 is 18.6. The van der Waals surface area contributed by atoms with Gasteiger partial charge in [-0.25, -0.2) is 9.37 Å². The van der Waals surface area contributed by atoms with E-state index in [1.54, 1.807) is 18.3 Å². The summed E-state index contributed by atoms with van der Waals surface area (Å²) in [5, 5.41) is 0. The number of benzene rings is 1.